The highest BCUT2D eigenvalue weighted by molar-refractivity contribution is 9.10. The Morgan fingerprint density at radius 3 is 2.75 bits per heavy atom. The maximum atomic E-state index is 5.37. The number of hydrogen-bond acceptors (Lipinski definition) is 1. The maximum absolute atomic E-state index is 5.37. The van der Waals surface area contributed by atoms with Gasteiger partial charge in [0, 0.05) is 16.1 Å². The first-order valence-corrected chi connectivity index (χ1v) is 6.53. The first-order chi connectivity index (χ1) is 7.75. The van der Waals surface area contributed by atoms with E-state index in [4.69, 9.17) is 12.2 Å². The zero-order valence-electron chi connectivity index (χ0n) is 8.61. The Kier molecular flexibility index (Phi) is 2.48. The molecule has 0 amide bonds. The number of rotatable bonds is 2. The van der Waals surface area contributed by atoms with Gasteiger partial charge in [0.05, 0.1) is 5.69 Å². The monoisotopic (exact) mass is 294 g/mol. The summed E-state index contributed by atoms with van der Waals surface area (Å²) in [7, 11) is 0. The maximum Gasteiger partial charge on any atom is 0.128 e. The van der Waals surface area contributed by atoms with Gasteiger partial charge in [0.25, 0.3) is 0 Å². The Balaban J connectivity index is 2.12. The average molecular weight is 295 g/mol. The lowest BCUT2D eigenvalue weighted by Gasteiger charge is -2.05. The van der Waals surface area contributed by atoms with Crippen molar-refractivity contribution >= 4 is 28.1 Å². The standard InChI is InChI=1S/C12H11BrN2S/c13-9-3-1-2-4-11(9)15-12(16)7-10(14-15)8-5-6-8/h1-4,7-8,14H,5-6H2. The molecule has 3 rings (SSSR count). The molecule has 0 bridgehead atoms. The molecule has 1 aromatic heterocycles. The lowest BCUT2D eigenvalue weighted by Crippen LogP contribution is -1.97. The van der Waals surface area contributed by atoms with E-state index in [-0.39, 0.29) is 0 Å². The molecule has 0 spiro atoms. The fourth-order valence-electron chi connectivity index (χ4n) is 1.83. The zero-order chi connectivity index (χ0) is 11.1. The fraction of sp³-hybridized carbons (Fsp3) is 0.250. The number of nitrogens with zero attached hydrogens (tertiary/aromatic N) is 1. The summed E-state index contributed by atoms with van der Waals surface area (Å²) in [5.41, 5.74) is 2.33. The molecule has 1 fully saturated rings. The van der Waals surface area contributed by atoms with Crippen LogP contribution in [0.5, 0.6) is 0 Å². The van der Waals surface area contributed by atoms with E-state index < -0.39 is 0 Å². The number of benzene rings is 1. The fourth-order valence-corrected chi connectivity index (χ4v) is 2.56. The van der Waals surface area contributed by atoms with Crippen LogP contribution in [0, 0.1) is 4.64 Å². The number of hydrogen-bond donors (Lipinski definition) is 1. The zero-order valence-corrected chi connectivity index (χ0v) is 11.0. The SMILES string of the molecule is S=c1cc(C2CC2)[nH]n1-c1ccccc1Br. The molecule has 4 heteroatoms. The van der Waals surface area contributed by atoms with Gasteiger partial charge in [0.15, 0.2) is 0 Å². The summed E-state index contributed by atoms with van der Waals surface area (Å²) < 4.78 is 3.86. The molecule has 0 radical (unpaired) electrons. The van der Waals surface area contributed by atoms with Gasteiger partial charge in [-0.05, 0) is 47.0 Å². The number of halogens is 1. The van der Waals surface area contributed by atoms with Gasteiger partial charge in [-0.1, -0.05) is 24.4 Å². The Morgan fingerprint density at radius 1 is 1.31 bits per heavy atom. The molecular weight excluding hydrogens is 284 g/mol. The molecule has 2 nitrogen and oxygen atoms in total. The molecule has 1 saturated carbocycles. The van der Waals surface area contributed by atoms with Crippen molar-refractivity contribution in [3.8, 4) is 5.69 Å². The number of aromatic amines is 1. The third kappa shape index (κ3) is 1.76. The van der Waals surface area contributed by atoms with Crippen LogP contribution in [0.25, 0.3) is 5.69 Å². The summed E-state index contributed by atoms with van der Waals surface area (Å²) in [5.74, 6) is 0.699. The molecule has 0 saturated heterocycles. The van der Waals surface area contributed by atoms with Crippen molar-refractivity contribution < 1.29 is 0 Å². The average Bonchev–Trinajstić information content (AvgIpc) is 3.04. The van der Waals surface area contributed by atoms with Gasteiger partial charge in [-0.15, -0.1) is 0 Å². The van der Waals surface area contributed by atoms with Crippen LogP contribution in [0.4, 0.5) is 0 Å². The third-order valence-corrected chi connectivity index (χ3v) is 3.82. The van der Waals surface area contributed by atoms with Crippen LogP contribution in [0.1, 0.15) is 24.5 Å². The molecular formula is C12H11BrN2S. The molecule has 2 aromatic rings. The normalized spacial score (nSPS) is 15.3. The summed E-state index contributed by atoms with van der Waals surface area (Å²) in [6.45, 7) is 0. The predicted molar refractivity (Wildman–Crippen MR) is 70.6 cm³/mol. The molecule has 1 aliphatic carbocycles. The van der Waals surface area contributed by atoms with Gasteiger partial charge >= 0.3 is 0 Å². The molecule has 1 heterocycles. The highest BCUT2D eigenvalue weighted by Crippen LogP contribution is 2.39. The van der Waals surface area contributed by atoms with E-state index in [1.165, 1.54) is 18.5 Å². The van der Waals surface area contributed by atoms with E-state index >= 15 is 0 Å². The van der Waals surface area contributed by atoms with Gasteiger partial charge in [-0.2, -0.15) is 0 Å². The van der Waals surface area contributed by atoms with Crippen molar-refractivity contribution in [3.63, 3.8) is 0 Å². The van der Waals surface area contributed by atoms with Crippen molar-refractivity contribution in [1.29, 1.82) is 0 Å². The molecule has 82 valence electrons. The van der Waals surface area contributed by atoms with Crippen LogP contribution >= 0.6 is 28.1 Å². The van der Waals surface area contributed by atoms with Crippen LogP contribution in [0.2, 0.25) is 0 Å². The second-order valence-corrected chi connectivity index (χ2v) is 5.38. The molecule has 0 atom stereocenters. The largest absolute Gasteiger partial charge is 0.297 e. The van der Waals surface area contributed by atoms with Gasteiger partial charge in [0.2, 0.25) is 0 Å². The summed E-state index contributed by atoms with van der Waals surface area (Å²) >= 11 is 8.91. The topological polar surface area (TPSA) is 20.7 Å². The van der Waals surface area contributed by atoms with Crippen LogP contribution in [-0.4, -0.2) is 9.78 Å². The van der Waals surface area contributed by atoms with E-state index in [0.717, 1.165) is 14.8 Å². The summed E-state index contributed by atoms with van der Waals surface area (Å²) in [5, 5.41) is 3.38. The van der Waals surface area contributed by atoms with Crippen LogP contribution in [0.3, 0.4) is 0 Å². The van der Waals surface area contributed by atoms with Crippen molar-refractivity contribution in [1.82, 2.24) is 9.78 Å². The van der Waals surface area contributed by atoms with E-state index in [0.29, 0.717) is 5.92 Å². The van der Waals surface area contributed by atoms with E-state index in [9.17, 15) is 0 Å². The minimum Gasteiger partial charge on any atom is -0.297 e. The molecule has 16 heavy (non-hydrogen) atoms. The number of H-pyrrole nitrogens is 1. The highest BCUT2D eigenvalue weighted by Gasteiger charge is 2.25. The molecule has 1 N–H and O–H groups in total. The quantitative estimate of drug-likeness (QED) is 0.824. The number of nitrogens with one attached hydrogen (secondary N) is 1. The Labute approximate surface area is 107 Å². The second kappa shape index (κ2) is 3.86. The summed E-state index contributed by atoms with van der Waals surface area (Å²) in [6.07, 6.45) is 2.57. The molecule has 0 aliphatic heterocycles. The lowest BCUT2D eigenvalue weighted by atomic mass is 10.3. The van der Waals surface area contributed by atoms with Crippen LogP contribution < -0.4 is 0 Å². The summed E-state index contributed by atoms with van der Waals surface area (Å²) in [4.78, 5) is 0. The van der Waals surface area contributed by atoms with Gasteiger partial charge in [-0.3, -0.25) is 5.10 Å². The molecule has 1 aliphatic rings. The highest BCUT2D eigenvalue weighted by atomic mass is 79.9. The second-order valence-electron chi connectivity index (χ2n) is 4.11. The first kappa shape index (κ1) is 10.3. The Morgan fingerprint density at radius 2 is 2.06 bits per heavy atom. The summed E-state index contributed by atoms with van der Waals surface area (Å²) in [6, 6.07) is 10.2. The van der Waals surface area contributed by atoms with E-state index in [2.05, 4.69) is 27.1 Å². The van der Waals surface area contributed by atoms with E-state index in [1.807, 2.05) is 28.9 Å². The number of aromatic nitrogens is 2. The first-order valence-electron chi connectivity index (χ1n) is 5.32. The molecule has 1 aromatic carbocycles. The van der Waals surface area contributed by atoms with Gasteiger partial charge in [0.1, 0.15) is 4.64 Å². The Hall–Kier alpha value is -0.870. The van der Waals surface area contributed by atoms with Crippen LogP contribution in [0.15, 0.2) is 34.8 Å². The van der Waals surface area contributed by atoms with Crippen molar-refractivity contribution in [2.75, 3.05) is 0 Å². The minimum atomic E-state index is 0.699. The van der Waals surface area contributed by atoms with Crippen molar-refractivity contribution in [2.45, 2.75) is 18.8 Å². The molecule has 0 unspecified atom stereocenters. The smallest absolute Gasteiger partial charge is 0.128 e. The van der Waals surface area contributed by atoms with E-state index in [1.54, 1.807) is 0 Å². The Bertz CT molecular complexity index is 581. The van der Waals surface area contributed by atoms with Gasteiger partial charge in [-0.25, -0.2) is 4.68 Å². The van der Waals surface area contributed by atoms with Gasteiger partial charge < -0.3 is 0 Å². The lowest BCUT2D eigenvalue weighted by molar-refractivity contribution is 0.826. The third-order valence-electron chi connectivity index (χ3n) is 2.85. The number of para-hydroxylation sites is 1. The minimum absolute atomic E-state index is 0.699. The van der Waals surface area contributed by atoms with Crippen molar-refractivity contribution in [3.05, 3.63) is 45.1 Å². The van der Waals surface area contributed by atoms with Crippen molar-refractivity contribution in [2.24, 2.45) is 0 Å². The predicted octanol–water partition coefficient (Wildman–Crippen LogP) is 4.17. The van der Waals surface area contributed by atoms with Crippen LogP contribution in [-0.2, 0) is 0 Å².